The van der Waals surface area contributed by atoms with E-state index >= 15 is 0 Å². The summed E-state index contributed by atoms with van der Waals surface area (Å²) in [6.07, 6.45) is 0. The normalized spacial score (nSPS) is 12.9. The van der Waals surface area contributed by atoms with E-state index < -0.39 is 16.3 Å². The Morgan fingerprint density at radius 2 is 1.29 bits per heavy atom. The zero-order valence-electron chi connectivity index (χ0n) is 2.84. The van der Waals surface area contributed by atoms with E-state index in [4.69, 9.17) is 0 Å². The van der Waals surface area contributed by atoms with Gasteiger partial charge in [-0.1, -0.05) is 0 Å². The van der Waals surface area contributed by atoms with E-state index in [1.54, 1.807) is 0 Å². The number of halogens is 5. The molecular formula is CF3I2Sb. The second-order valence-electron chi connectivity index (χ2n) is 0.701. The van der Waals surface area contributed by atoms with Gasteiger partial charge in [0.25, 0.3) is 0 Å². The molecule has 0 amide bonds. The standard InChI is InChI=1S/CF3.2HI.Sb/c2-1(3)4;;;/h;2*1H;/q;;;+2/p-2. The van der Waals surface area contributed by atoms with Gasteiger partial charge in [0.2, 0.25) is 0 Å². The molecule has 0 fully saturated rings. The van der Waals surface area contributed by atoms with E-state index in [-0.39, 0.29) is 0 Å². The monoisotopic (exact) mass is 444 g/mol. The van der Waals surface area contributed by atoms with Crippen LogP contribution < -0.4 is 0 Å². The predicted molar refractivity (Wildman–Crippen MR) is 39.8 cm³/mol. The minimum atomic E-state index is -3.84. The second-order valence-corrected chi connectivity index (χ2v) is 28.8. The van der Waals surface area contributed by atoms with Crippen molar-refractivity contribution in [3.8, 4) is 0 Å². The maximum absolute atomic E-state index is 11.2. The fourth-order valence-corrected chi connectivity index (χ4v) is 0. The molecule has 0 atom stereocenters. The Labute approximate surface area is 65.3 Å². The van der Waals surface area contributed by atoms with Crippen molar-refractivity contribution in [2.45, 2.75) is 4.12 Å². The Morgan fingerprint density at radius 3 is 1.29 bits per heavy atom. The molecule has 0 aliphatic heterocycles. The van der Waals surface area contributed by atoms with Gasteiger partial charge in [-0.2, -0.15) is 0 Å². The molecule has 0 aliphatic carbocycles. The summed E-state index contributed by atoms with van der Waals surface area (Å²) in [6, 6.07) is 0. The van der Waals surface area contributed by atoms with Gasteiger partial charge >= 0.3 is 66.5 Å². The van der Waals surface area contributed by atoms with Crippen LogP contribution in [-0.4, -0.2) is 16.3 Å². The molecule has 0 bridgehead atoms. The predicted octanol–water partition coefficient (Wildman–Crippen LogP) is 2.45. The molecule has 6 heteroatoms. The Morgan fingerprint density at radius 1 is 1.14 bits per heavy atom. The van der Waals surface area contributed by atoms with Gasteiger partial charge in [-0.3, -0.25) is 0 Å². The third-order valence-electron chi connectivity index (χ3n) is 0.192. The summed E-state index contributed by atoms with van der Waals surface area (Å²) in [7, 11) is 0. The van der Waals surface area contributed by atoms with E-state index in [0.29, 0.717) is 0 Å². The number of hydrogen-bond acceptors (Lipinski definition) is 0. The first-order valence-electron chi connectivity index (χ1n) is 1.13. The van der Waals surface area contributed by atoms with Crippen molar-refractivity contribution < 1.29 is 13.2 Å². The van der Waals surface area contributed by atoms with Gasteiger partial charge in [-0.05, 0) is 0 Å². The van der Waals surface area contributed by atoms with Crippen molar-refractivity contribution in [3.63, 3.8) is 0 Å². The zero-order valence-corrected chi connectivity index (χ0v) is 9.70. The molecule has 0 N–H and O–H groups in total. The summed E-state index contributed by atoms with van der Waals surface area (Å²) in [6.45, 7) is 0. The molecule has 0 unspecified atom stereocenters. The number of rotatable bonds is 0. The quantitative estimate of drug-likeness (QED) is 0.398. The van der Waals surface area contributed by atoms with Gasteiger partial charge in [0, 0.05) is 0 Å². The van der Waals surface area contributed by atoms with Crippen molar-refractivity contribution in [1.29, 1.82) is 0 Å². The fourth-order valence-electron chi connectivity index (χ4n) is 0. The van der Waals surface area contributed by atoms with Gasteiger partial charge in [-0.25, -0.2) is 0 Å². The average molecular weight is 445 g/mol. The minimum absolute atomic E-state index is 1.49. The molecule has 0 heterocycles. The molecule has 0 aromatic carbocycles. The SMILES string of the molecule is F[C](F)(F)[Sb]([I])[I]. The fraction of sp³-hybridized carbons (Fsp3) is 1.00. The van der Waals surface area contributed by atoms with Crippen LogP contribution in [0.3, 0.4) is 0 Å². The number of alkyl halides is 3. The molecule has 0 aromatic heterocycles. The van der Waals surface area contributed by atoms with E-state index in [1.807, 2.05) is 0 Å². The van der Waals surface area contributed by atoms with Crippen LogP contribution in [0.5, 0.6) is 0 Å². The summed E-state index contributed by atoms with van der Waals surface area (Å²) >= 11 is 0.199. The van der Waals surface area contributed by atoms with Crippen LogP contribution in [0.4, 0.5) is 13.2 Å². The summed E-state index contributed by atoms with van der Waals surface area (Å²) in [5, 5.41) is 0. The zero-order chi connectivity index (χ0) is 6.08. The van der Waals surface area contributed by atoms with Crippen molar-refractivity contribution >= 4 is 49.2 Å². The van der Waals surface area contributed by atoms with Gasteiger partial charge < -0.3 is 0 Å². The van der Waals surface area contributed by atoms with E-state index in [1.165, 1.54) is 37.0 Å². The molecule has 0 saturated heterocycles. The Kier molecular flexibility index (Phi) is 4.26. The van der Waals surface area contributed by atoms with Crippen LogP contribution >= 0.6 is 37.0 Å². The molecule has 44 valence electrons. The summed E-state index contributed by atoms with van der Waals surface area (Å²) in [4.78, 5) is 0. The van der Waals surface area contributed by atoms with E-state index in [2.05, 4.69) is 0 Å². The van der Waals surface area contributed by atoms with E-state index in [9.17, 15) is 13.2 Å². The maximum atomic E-state index is 11.2. The molecule has 0 spiro atoms. The first kappa shape index (κ1) is 9.07. The number of hydrogen-bond donors (Lipinski definition) is 0. The van der Waals surface area contributed by atoms with Crippen LogP contribution in [-0.2, 0) is 0 Å². The van der Waals surface area contributed by atoms with Crippen molar-refractivity contribution in [2.75, 3.05) is 0 Å². The molecular weight excluding hydrogens is 445 g/mol. The van der Waals surface area contributed by atoms with Crippen LogP contribution in [0.1, 0.15) is 0 Å². The third-order valence-corrected chi connectivity index (χ3v) is 8.62. The summed E-state index contributed by atoms with van der Waals surface area (Å²) in [5.74, 6) is 0. The first-order valence-corrected chi connectivity index (χ1v) is 17.3. The molecule has 0 rings (SSSR count). The van der Waals surface area contributed by atoms with Gasteiger partial charge in [-0.15, -0.1) is 0 Å². The molecule has 7 heavy (non-hydrogen) atoms. The Bertz CT molecular complexity index is 58.4. The molecule has 0 radical (unpaired) electrons. The third kappa shape index (κ3) is 4.56. The van der Waals surface area contributed by atoms with Crippen LogP contribution in [0.25, 0.3) is 0 Å². The van der Waals surface area contributed by atoms with Gasteiger partial charge in [0.1, 0.15) is 0 Å². The average Bonchev–Trinajstić information content (AvgIpc) is 1.31. The topological polar surface area (TPSA) is 0 Å². The summed E-state index contributed by atoms with van der Waals surface area (Å²) in [5.41, 5.74) is 0. The van der Waals surface area contributed by atoms with Crippen molar-refractivity contribution in [1.82, 2.24) is 0 Å². The molecule has 0 aromatic rings. The summed E-state index contributed by atoms with van der Waals surface area (Å²) < 4.78 is 29.9. The first-order chi connectivity index (χ1) is 2.94. The molecule has 0 saturated carbocycles. The Balaban J connectivity index is 3.54. The molecule has 0 nitrogen and oxygen atoms in total. The second kappa shape index (κ2) is 3.29. The Hall–Kier alpha value is 2.07. The molecule has 0 aliphatic rings. The van der Waals surface area contributed by atoms with Gasteiger partial charge in [0.05, 0.1) is 0 Å². The van der Waals surface area contributed by atoms with Crippen LogP contribution in [0.2, 0.25) is 0 Å². The van der Waals surface area contributed by atoms with Gasteiger partial charge in [0.15, 0.2) is 0 Å². The van der Waals surface area contributed by atoms with Crippen molar-refractivity contribution in [3.05, 3.63) is 0 Å². The van der Waals surface area contributed by atoms with Crippen molar-refractivity contribution in [2.24, 2.45) is 0 Å². The van der Waals surface area contributed by atoms with E-state index in [0.717, 1.165) is 0 Å². The van der Waals surface area contributed by atoms with Crippen LogP contribution in [0, 0.1) is 0 Å². The van der Waals surface area contributed by atoms with Crippen LogP contribution in [0.15, 0.2) is 0 Å².